The Kier molecular flexibility index (Phi) is 9.16. The Morgan fingerprint density at radius 3 is 2.44 bits per heavy atom. The molecule has 0 aromatic heterocycles. The van der Waals surface area contributed by atoms with Crippen LogP contribution in [0.3, 0.4) is 0 Å². The van der Waals surface area contributed by atoms with E-state index in [0.717, 1.165) is 0 Å². The molecular formula is C6H13NO2. The van der Waals surface area contributed by atoms with E-state index in [1.807, 2.05) is 0 Å². The molecule has 0 amide bonds. The second-order valence-electron chi connectivity index (χ2n) is 1.38. The Labute approximate surface area is 55.0 Å². The summed E-state index contributed by atoms with van der Waals surface area (Å²) in [6, 6.07) is 0. The Hall–Kier alpha value is -0.640. The quantitative estimate of drug-likeness (QED) is 0.397. The van der Waals surface area contributed by atoms with E-state index in [2.05, 4.69) is 18.5 Å². The molecule has 0 saturated heterocycles. The molecule has 9 heavy (non-hydrogen) atoms. The van der Waals surface area contributed by atoms with Crippen LogP contribution in [0.4, 0.5) is 0 Å². The van der Waals surface area contributed by atoms with Crippen molar-refractivity contribution >= 4 is 0 Å². The van der Waals surface area contributed by atoms with Gasteiger partial charge in [-0.25, -0.2) is 0 Å². The van der Waals surface area contributed by atoms with Gasteiger partial charge in [-0.1, -0.05) is 12.7 Å². The first-order chi connectivity index (χ1) is 3.81. The zero-order valence-corrected chi connectivity index (χ0v) is 5.30. The van der Waals surface area contributed by atoms with E-state index in [0.29, 0.717) is 6.54 Å². The highest BCUT2D eigenvalue weighted by molar-refractivity contribution is 4.79. The minimum absolute atomic E-state index is 0. The van der Waals surface area contributed by atoms with Crippen LogP contribution in [0.15, 0.2) is 25.3 Å². The molecule has 0 aliphatic carbocycles. The Balaban J connectivity index is 0. The van der Waals surface area contributed by atoms with Crippen LogP contribution in [0.2, 0.25) is 0 Å². The number of rotatable bonds is 4. The lowest BCUT2D eigenvalue weighted by atomic mass is 10.5. The highest BCUT2D eigenvalue weighted by atomic mass is 16.3. The van der Waals surface area contributed by atoms with E-state index in [1.165, 1.54) is 6.08 Å². The molecule has 54 valence electrons. The molecule has 0 bridgehead atoms. The van der Waals surface area contributed by atoms with Crippen LogP contribution < -0.4 is 5.32 Å². The van der Waals surface area contributed by atoms with E-state index in [1.54, 1.807) is 6.08 Å². The number of aliphatic hydroxyl groups excluding tert-OH is 1. The smallest absolute Gasteiger partial charge is 0.124 e. The van der Waals surface area contributed by atoms with Gasteiger partial charge in [0.25, 0.3) is 0 Å². The van der Waals surface area contributed by atoms with Crippen molar-refractivity contribution in [1.82, 2.24) is 5.32 Å². The molecule has 0 radical (unpaired) electrons. The van der Waals surface area contributed by atoms with Crippen LogP contribution in [0.1, 0.15) is 0 Å². The molecule has 0 aromatic carbocycles. The molecule has 0 heterocycles. The van der Waals surface area contributed by atoms with Crippen LogP contribution in [0.25, 0.3) is 0 Å². The molecule has 0 spiro atoms. The first kappa shape index (κ1) is 11.2. The molecule has 0 saturated carbocycles. The molecule has 0 aromatic rings. The Bertz CT molecular complexity index is 83.1. The summed E-state index contributed by atoms with van der Waals surface area (Å²) in [7, 11) is 0. The van der Waals surface area contributed by atoms with E-state index in [9.17, 15) is 0 Å². The second-order valence-corrected chi connectivity index (χ2v) is 1.38. The van der Waals surface area contributed by atoms with Crippen molar-refractivity contribution in [2.75, 3.05) is 6.54 Å². The molecule has 0 aliphatic rings. The van der Waals surface area contributed by atoms with Gasteiger partial charge in [-0.2, -0.15) is 0 Å². The summed E-state index contributed by atoms with van der Waals surface area (Å²) in [5.41, 5.74) is 0. The van der Waals surface area contributed by atoms with Crippen molar-refractivity contribution in [1.29, 1.82) is 0 Å². The molecule has 0 rings (SSSR count). The summed E-state index contributed by atoms with van der Waals surface area (Å²) in [5, 5.41) is 11.4. The normalized spacial score (nSPS) is 11.2. The first-order valence-electron chi connectivity index (χ1n) is 2.46. The molecule has 1 unspecified atom stereocenters. The Morgan fingerprint density at radius 2 is 2.11 bits per heavy atom. The molecule has 3 heteroatoms. The molecular weight excluding hydrogens is 118 g/mol. The maximum Gasteiger partial charge on any atom is 0.124 e. The second kappa shape index (κ2) is 7.36. The summed E-state index contributed by atoms with van der Waals surface area (Å²) >= 11 is 0. The van der Waals surface area contributed by atoms with Crippen molar-refractivity contribution < 1.29 is 10.6 Å². The maximum atomic E-state index is 8.71. The molecule has 4 N–H and O–H groups in total. The molecule has 0 fully saturated rings. The van der Waals surface area contributed by atoms with Crippen molar-refractivity contribution in [2.45, 2.75) is 6.23 Å². The fourth-order valence-corrected chi connectivity index (χ4v) is 0.287. The fourth-order valence-electron chi connectivity index (χ4n) is 0.287. The van der Waals surface area contributed by atoms with Gasteiger partial charge in [0, 0.05) is 6.54 Å². The lowest BCUT2D eigenvalue weighted by Crippen LogP contribution is -2.25. The van der Waals surface area contributed by atoms with Crippen LogP contribution >= 0.6 is 0 Å². The van der Waals surface area contributed by atoms with Gasteiger partial charge in [0.2, 0.25) is 0 Å². The highest BCUT2D eigenvalue weighted by Crippen LogP contribution is 1.73. The number of aliphatic hydroxyl groups is 1. The topological polar surface area (TPSA) is 63.8 Å². The number of hydrogen-bond donors (Lipinski definition) is 2. The summed E-state index contributed by atoms with van der Waals surface area (Å²) in [4.78, 5) is 0. The minimum atomic E-state index is -0.604. The average Bonchev–Trinajstić information content (AvgIpc) is 1.83. The van der Waals surface area contributed by atoms with Crippen molar-refractivity contribution in [3.05, 3.63) is 25.3 Å². The van der Waals surface area contributed by atoms with Gasteiger partial charge in [-0.3, -0.25) is 5.32 Å². The van der Waals surface area contributed by atoms with Gasteiger partial charge >= 0.3 is 0 Å². The molecule has 3 nitrogen and oxygen atoms in total. The van der Waals surface area contributed by atoms with Crippen LogP contribution in [-0.2, 0) is 0 Å². The monoisotopic (exact) mass is 131 g/mol. The predicted molar refractivity (Wildman–Crippen MR) is 38.0 cm³/mol. The van der Waals surface area contributed by atoms with Crippen LogP contribution in [-0.4, -0.2) is 23.4 Å². The fraction of sp³-hybridized carbons (Fsp3) is 0.333. The third kappa shape index (κ3) is 7.36. The lowest BCUT2D eigenvalue weighted by Gasteiger charge is -2.02. The largest absolute Gasteiger partial charge is 0.412 e. The van der Waals surface area contributed by atoms with Gasteiger partial charge in [0.1, 0.15) is 6.23 Å². The summed E-state index contributed by atoms with van der Waals surface area (Å²) in [6.45, 7) is 7.43. The van der Waals surface area contributed by atoms with Crippen molar-refractivity contribution in [3.8, 4) is 0 Å². The number of hydrogen-bond acceptors (Lipinski definition) is 2. The zero-order chi connectivity index (χ0) is 6.41. The average molecular weight is 131 g/mol. The predicted octanol–water partition coefficient (Wildman–Crippen LogP) is -0.558. The van der Waals surface area contributed by atoms with Crippen LogP contribution in [0.5, 0.6) is 0 Å². The van der Waals surface area contributed by atoms with Gasteiger partial charge in [-0.05, 0) is 6.08 Å². The standard InChI is InChI=1S/C6H11NO.H2O/c1-3-5-7-6(8)4-2;/h3-4,6-8H,1-2,5H2;1H2. The van der Waals surface area contributed by atoms with Gasteiger partial charge in [-0.15, -0.1) is 6.58 Å². The van der Waals surface area contributed by atoms with Gasteiger partial charge in [0.15, 0.2) is 0 Å². The van der Waals surface area contributed by atoms with E-state index >= 15 is 0 Å². The van der Waals surface area contributed by atoms with Crippen molar-refractivity contribution in [2.24, 2.45) is 0 Å². The van der Waals surface area contributed by atoms with Gasteiger partial charge < -0.3 is 10.6 Å². The van der Waals surface area contributed by atoms with Crippen molar-refractivity contribution in [3.63, 3.8) is 0 Å². The summed E-state index contributed by atoms with van der Waals surface area (Å²) in [6.07, 6.45) is 2.49. The maximum absolute atomic E-state index is 8.71. The summed E-state index contributed by atoms with van der Waals surface area (Å²) in [5.74, 6) is 0. The zero-order valence-electron chi connectivity index (χ0n) is 5.30. The SMILES string of the molecule is C=CCNC(O)C=C.O. The Morgan fingerprint density at radius 1 is 1.56 bits per heavy atom. The first-order valence-corrected chi connectivity index (χ1v) is 2.46. The third-order valence-corrected chi connectivity index (χ3v) is 0.695. The third-order valence-electron chi connectivity index (χ3n) is 0.695. The molecule has 1 atom stereocenters. The van der Waals surface area contributed by atoms with E-state index in [4.69, 9.17) is 5.11 Å². The minimum Gasteiger partial charge on any atom is -0.412 e. The highest BCUT2D eigenvalue weighted by Gasteiger charge is 1.89. The van der Waals surface area contributed by atoms with Gasteiger partial charge in [0.05, 0.1) is 0 Å². The van der Waals surface area contributed by atoms with E-state index < -0.39 is 6.23 Å². The lowest BCUT2D eigenvalue weighted by molar-refractivity contribution is 0.190. The molecule has 0 aliphatic heterocycles. The summed E-state index contributed by atoms with van der Waals surface area (Å²) < 4.78 is 0. The number of nitrogens with one attached hydrogen (secondary N) is 1. The van der Waals surface area contributed by atoms with E-state index in [-0.39, 0.29) is 5.48 Å². The van der Waals surface area contributed by atoms with Crippen LogP contribution in [0, 0.1) is 0 Å².